The van der Waals surface area contributed by atoms with E-state index in [-0.39, 0.29) is 11.8 Å². The fourth-order valence-corrected chi connectivity index (χ4v) is 3.04. The zero-order chi connectivity index (χ0) is 19.9. The molecular formula is C18H18F3N5O2. The van der Waals surface area contributed by atoms with Crippen LogP contribution in [-0.4, -0.2) is 43.7 Å². The van der Waals surface area contributed by atoms with E-state index >= 15 is 0 Å². The molecule has 1 aliphatic heterocycles. The number of hydrogen-bond donors (Lipinski definition) is 0. The molecule has 10 heteroatoms. The maximum absolute atomic E-state index is 12.4. The number of hydrogen-bond acceptors (Lipinski definition) is 5. The fourth-order valence-electron chi connectivity index (χ4n) is 3.04. The second-order valence-corrected chi connectivity index (χ2v) is 6.68. The molecule has 0 radical (unpaired) electrons. The molecule has 0 saturated heterocycles. The molecule has 0 fully saturated rings. The molecule has 3 heterocycles. The summed E-state index contributed by atoms with van der Waals surface area (Å²) in [4.78, 5) is 9.00. The molecular weight excluding hydrogens is 375 g/mol. The van der Waals surface area contributed by atoms with Crippen molar-refractivity contribution >= 4 is 0 Å². The van der Waals surface area contributed by atoms with Gasteiger partial charge in [0.15, 0.2) is 12.4 Å². The topological polar surface area (TPSA) is 67.0 Å². The lowest BCUT2D eigenvalue weighted by molar-refractivity contribution is -0.153. The number of rotatable bonds is 4. The highest BCUT2D eigenvalue weighted by Gasteiger charge is 2.29. The summed E-state index contributed by atoms with van der Waals surface area (Å²) in [5.74, 6) is 1.84. The predicted octanol–water partition coefficient (Wildman–Crippen LogP) is 3.72. The summed E-state index contributed by atoms with van der Waals surface area (Å²) < 4.78 is 51.4. The first-order valence-electron chi connectivity index (χ1n) is 8.75. The molecule has 4 rings (SSSR count). The first-order valence-corrected chi connectivity index (χ1v) is 8.75. The molecule has 1 aromatic carbocycles. The number of nitrogens with zero attached hydrogens (tertiary/aromatic N) is 5. The Morgan fingerprint density at radius 2 is 2.07 bits per heavy atom. The zero-order valence-corrected chi connectivity index (χ0v) is 15.3. The SMILES string of the molecule is CC(C)n1ncnc1-c1cn2c(n1)-c1ccc(OCC(F)(F)F)cc1OCC2. The van der Waals surface area contributed by atoms with Crippen molar-refractivity contribution in [1.29, 1.82) is 0 Å². The Labute approximate surface area is 158 Å². The van der Waals surface area contributed by atoms with Crippen molar-refractivity contribution in [2.75, 3.05) is 13.2 Å². The van der Waals surface area contributed by atoms with Crippen LogP contribution in [-0.2, 0) is 6.54 Å². The Kier molecular flexibility index (Phi) is 4.48. The van der Waals surface area contributed by atoms with Gasteiger partial charge in [0.25, 0.3) is 0 Å². The van der Waals surface area contributed by atoms with Crippen LogP contribution in [0.4, 0.5) is 13.2 Å². The molecule has 0 atom stereocenters. The van der Waals surface area contributed by atoms with Gasteiger partial charge < -0.3 is 14.0 Å². The molecule has 0 aliphatic carbocycles. The molecule has 0 bridgehead atoms. The lowest BCUT2D eigenvalue weighted by Gasteiger charge is -2.12. The summed E-state index contributed by atoms with van der Waals surface area (Å²) >= 11 is 0. The average molecular weight is 393 g/mol. The third-order valence-electron chi connectivity index (χ3n) is 4.25. The minimum Gasteiger partial charge on any atom is -0.491 e. The van der Waals surface area contributed by atoms with Gasteiger partial charge in [-0.3, -0.25) is 0 Å². The number of ether oxygens (including phenoxy) is 2. The van der Waals surface area contributed by atoms with Crippen molar-refractivity contribution in [2.24, 2.45) is 0 Å². The fraction of sp³-hybridized carbons (Fsp3) is 0.389. The van der Waals surface area contributed by atoms with Crippen LogP contribution in [0.3, 0.4) is 0 Å². The van der Waals surface area contributed by atoms with Crippen molar-refractivity contribution in [3.63, 3.8) is 0 Å². The standard InChI is InChI=1S/C18H18F3N5O2/c1-11(2)26-17(22-10-23-26)14-8-25-5-6-27-15-7-12(28-9-18(19,20)21)3-4-13(15)16(25)24-14/h3-4,7-8,10-11H,5-6,9H2,1-2H3. The molecule has 148 valence electrons. The Balaban J connectivity index is 1.69. The van der Waals surface area contributed by atoms with Crippen molar-refractivity contribution in [1.82, 2.24) is 24.3 Å². The number of benzene rings is 1. The molecule has 1 aliphatic rings. The van der Waals surface area contributed by atoms with Crippen LogP contribution in [0.15, 0.2) is 30.7 Å². The van der Waals surface area contributed by atoms with Gasteiger partial charge in [-0.2, -0.15) is 18.3 Å². The van der Waals surface area contributed by atoms with E-state index in [1.807, 2.05) is 24.6 Å². The first kappa shape index (κ1) is 18.3. The van der Waals surface area contributed by atoms with Crippen molar-refractivity contribution < 1.29 is 22.6 Å². The highest BCUT2D eigenvalue weighted by Crippen LogP contribution is 2.36. The van der Waals surface area contributed by atoms with Crippen LogP contribution in [0.5, 0.6) is 11.5 Å². The van der Waals surface area contributed by atoms with Gasteiger partial charge in [0.05, 0.1) is 12.1 Å². The van der Waals surface area contributed by atoms with Gasteiger partial charge in [-0.05, 0) is 26.0 Å². The van der Waals surface area contributed by atoms with Crippen LogP contribution in [0.2, 0.25) is 0 Å². The second kappa shape index (κ2) is 6.84. The second-order valence-electron chi connectivity index (χ2n) is 6.68. The molecule has 0 amide bonds. The van der Waals surface area contributed by atoms with E-state index in [0.29, 0.717) is 41.8 Å². The summed E-state index contributed by atoms with van der Waals surface area (Å²) in [5.41, 5.74) is 1.35. The summed E-state index contributed by atoms with van der Waals surface area (Å²) in [7, 11) is 0. The number of alkyl halides is 3. The number of imidazole rings is 1. The number of aromatic nitrogens is 5. The van der Waals surface area contributed by atoms with Crippen LogP contribution in [0.1, 0.15) is 19.9 Å². The summed E-state index contributed by atoms with van der Waals surface area (Å²) in [6, 6.07) is 4.72. The van der Waals surface area contributed by atoms with E-state index in [2.05, 4.69) is 10.1 Å². The molecule has 0 N–H and O–H groups in total. The van der Waals surface area contributed by atoms with E-state index in [1.54, 1.807) is 10.7 Å². The lowest BCUT2D eigenvalue weighted by atomic mass is 10.2. The average Bonchev–Trinajstić information content (AvgIpc) is 3.23. The Hall–Kier alpha value is -3.04. The first-order chi connectivity index (χ1) is 13.3. The minimum absolute atomic E-state index is 0.0934. The van der Waals surface area contributed by atoms with Crippen LogP contribution in [0.25, 0.3) is 22.9 Å². The molecule has 2 aromatic heterocycles. The van der Waals surface area contributed by atoms with Crippen molar-refractivity contribution in [3.05, 3.63) is 30.7 Å². The normalized spacial score (nSPS) is 13.6. The van der Waals surface area contributed by atoms with Crippen molar-refractivity contribution in [2.45, 2.75) is 32.6 Å². The largest absolute Gasteiger partial charge is 0.491 e. The van der Waals surface area contributed by atoms with Crippen LogP contribution in [0, 0.1) is 0 Å². The summed E-state index contributed by atoms with van der Waals surface area (Å²) in [6.45, 7) is 3.56. The molecule has 0 unspecified atom stereocenters. The van der Waals surface area contributed by atoms with Gasteiger partial charge in [-0.25, -0.2) is 14.6 Å². The van der Waals surface area contributed by atoms with E-state index in [1.165, 1.54) is 18.5 Å². The number of fused-ring (bicyclic) bond motifs is 3. The van der Waals surface area contributed by atoms with Gasteiger partial charge in [0.1, 0.15) is 36.0 Å². The van der Waals surface area contributed by atoms with Gasteiger partial charge in [-0.1, -0.05) is 0 Å². The quantitative estimate of drug-likeness (QED) is 0.676. The van der Waals surface area contributed by atoms with Gasteiger partial charge in [0.2, 0.25) is 0 Å². The van der Waals surface area contributed by atoms with Gasteiger partial charge in [0, 0.05) is 18.3 Å². The van der Waals surface area contributed by atoms with E-state index in [0.717, 1.165) is 0 Å². The number of halogens is 3. The summed E-state index contributed by atoms with van der Waals surface area (Å²) in [6.07, 6.45) is -1.03. The van der Waals surface area contributed by atoms with E-state index in [4.69, 9.17) is 14.5 Å². The van der Waals surface area contributed by atoms with Crippen LogP contribution >= 0.6 is 0 Å². The Bertz CT molecular complexity index is 994. The van der Waals surface area contributed by atoms with E-state index in [9.17, 15) is 13.2 Å². The van der Waals surface area contributed by atoms with Gasteiger partial charge in [-0.15, -0.1) is 0 Å². The van der Waals surface area contributed by atoms with Gasteiger partial charge >= 0.3 is 6.18 Å². The third kappa shape index (κ3) is 3.54. The zero-order valence-electron chi connectivity index (χ0n) is 15.3. The maximum atomic E-state index is 12.4. The van der Waals surface area contributed by atoms with Crippen molar-refractivity contribution in [3.8, 4) is 34.4 Å². The minimum atomic E-state index is -4.40. The molecule has 28 heavy (non-hydrogen) atoms. The highest BCUT2D eigenvalue weighted by molar-refractivity contribution is 5.69. The summed E-state index contributed by atoms with van der Waals surface area (Å²) in [5, 5.41) is 4.24. The lowest BCUT2D eigenvalue weighted by Crippen LogP contribution is -2.19. The highest BCUT2D eigenvalue weighted by atomic mass is 19.4. The van der Waals surface area contributed by atoms with Crippen LogP contribution < -0.4 is 9.47 Å². The Morgan fingerprint density at radius 3 is 2.82 bits per heavy atom. The molecule has 0 saturated carbocycles. The Morgan fingerprint density at radius 1 is 1.25 bits per heavy atom. The monoisotopic (exact) mass is 393 g/mol. The smallest absolute Gasteiger partial charge is 0.422 e. The van der Waals surface area contributed by atoms with E-state index < -0.39 is 12.8 Å². The third-order valence-corrected chi connectivity index (χ3v) is 4.25. The predicted molar refractivity (Wildman–Crippen MR) is 94.1 cm³/mol. The maximum Gasteiger partial charge on any atom is 0.422 e. The molecule has 7 nitrogen and oxygen atoms in total. The molecule has 3 aromatic rings. The molecule has 0 spiro atoms.